The summed E-state index contributed by atoms with van der Waals surface area (Å²) in [5.74, 6) is 0. The second-order valence-electron chi connectivity index (χ2n) is 4.54. The maximum Gasteiger partial charge on any atom is 0.0931 e. The van der Waals surface area contributed by atoms with Gasteiger partial charge in [-0.05, 0) is 24.6 Å². The van der Waals surface area contributed by atoms with Crippen molar-refractivity contribution in [2.45, 2.75) is 26.0 Å². The Labute approximate surface area is 123 Å². The molecule has 0 radical (unpaired) electrons. The van der Waals surface area contributed by atoms with Gasteiger partial charge in [0.25, 0.3) is 0 Å². The van der Waals surface area contributed by atoms with Gasteiger partial charge < -0.3 is 10.0 Å². The van der Waals surface area contributed by atoms with Crippen LogP contribution in [0.5, 0.6) is 0 Å². The van der Waals surface area contributed by atoms with Crippen LogP contribution in [0.1, 0.15) is 29.9 Å². The minimum atomic E-state index is -0.412. The quantitative estimate of drug-likeness (QED) is 0.879. The Kier molecular flexibility index (Phi) is 4.86. The summed E-state index contributed by atoms with van der Waals surface area (Å²) in [6.07, 6.45) is 0.306. The van der Waals surface area contributed by atoms with E-state index in [1.54, 1.807) is 11.3 Å². The third-order valence-electron chi connectivity index (χ3n) is 3.12. The van der Waals surface area contributed by atoms with Crippen LogP contribution >= 0.6 is 22.9 Å². The predicted molar refractivity (Wildman–Crippen MR) is 83.1 cm³/mol. The fourth-order valence-corrected chi connectivity index (χ4v) is 3.23. The summed E-state index contributed by atoms with van der Waals surface area (Å²) in [7, 11) is 2.04. The van der Waals surface area contributed by atoms with Crippen LogP contribution in [-0.4, -0.2) is 12.2 Å². The molecular formula is C15H18ClNOS. The Morgan fingerprint density at radius 3 is 2.63 bits per heavy atom. The van der Waals surface area contributed by atoms with E-state index in [9.17, 15) is 5.11 Å². The third-order valence-corrected chi connectivity index (χ3v) is 4.33. The van der Waals surface area contributed by atoms with Crippen LogP contribution in [0.25, 0.3) is 0 Å². The molecule has 1 heterocycles. The summed E-state index contributed by atoms with van der Waals surface area (Å²) in [6, 6.07) is 12.0. The molecule has 1 aromatic carbocycles. The Morgan fingerprint density at radius 1 is 1.26 bits per heavy atom. The maximum atomic E-state index is 10.1. The molecule has 0 bridgehead atoms. The van der Waals surface area contributed by atoms with Crippen molar-refractivity contribution in [3.63, 3.8) is 0 Å². The summed E-state index contributed by atoms with van der Waals surface area (Å²) in [5, 5.41) is 10.1. The molecule has 4 heteroatoms. The zero-order valence-electron chi connectivity index (χ0n) is 11.1. The van der Waals surface area contributed by atoms with Gasteiger partial charge in [-0.1, -0.05) is 36.7 Å². The number of aliphatic hydroxyl groups is 1. The summed E-state index contributed by atoms with van der Waals surface area (Å²) >= 11 is 7.55. The highest BCUT2D eigenvalue weighted by Gasteiger charge is 2.13. The highest BCUT2D eigenvalue weighted by molar-refractivity contribution is 7.16. The van der Waals surface area contributed by atoms with Crippen LogP contribution in [0.15, 0.2) is 36.4 Å². The minimum absolute atomic E-state index is 0.412. The van der Waals surface area contributed by atoms with Crippen molar-refractivity contribution in [1.29, 1.82) is 0 Å². The molecule has 1 N–H and O–H groups in total. The highest BCUT2D eigenvalue weighted by atomic mass is 35.5. The standard InChI is InChI=1S/C15H18ClNOS/c1-3-14(18)12-6-4-5-7-13(12)17(2)10-11-8-9-15(16)19-11/h4-9,14,18H,3,10H2,1-2H3/t14-/m0/s1. The molecule has 2 rings (SSSR count). The number of anilines is 1. The molecule has 0 aliphatic heterocycles. The summed E-state index contributed by atoms with van der Waals surface area (Å²) in [5.41, 5.74) is 2.05. The number of hydrogen-bond donors (Lipinski definition) is 1. The van der Waals surface area contributed by atoms with E-state index in [1.807, 2.05) is 50.4 Å². The Balaban J connectivity index is 2.21. The number of benzene rings is 1. The fourth-order valence-electron chi connectivity index (χ4n) is 2.09. The average Bonchev–Trinajstić information content (AvgIpc) is 2.83. The molecule has 0 amide bonds. The van der Waals surface area contributed by atoms with Crippen molar-refractivity contribution in [2.24, 2.45) is 0 Å². The predicted octanol–water partition coefficient (Wildman–Crippen LogP) is 4.48. The van der Waals surface area contributed by atoms with Crippen molar-refractivity contribution in [3.8, 4) is 0 Å². The molecule has 0 saturated heterocycles. The first-order chi connectivity index (χ1) is 9.11. The zero-order chi connectivity index (χ0) is 13.8. The smallest absolute Gasteiger partial charge is 0.0931 e. The van der Waals surface area contributed by atoms with Crippen LogP contribution in [-0.2, 0) is 6.54 Å². The van der Waals surface area contributed by atoms with Crippen LogP contribution in [0, 0.1) is 0 Å². The van der Waals surface area contributed by atoms with Gasteiger partial charge in [-0.3, -0.25) is 0 Å². The Hall–Kier alpha value is -1.03. The van der Waals surface area contributed by atoms with Crippen LogP contribution in [0.3, 0.4) is 0 Å². The highest BCUT2D eigenvalue weighted by Crippen LogP contribution is 2.30. The van der Waals surface area contributed by atoms with E-state index < -0.39 is 6.10 Å². The normalized spacial score (nSPS) is 12.4. The van der Waals surface area contributed by atoms with E-state index in [1.165, 1.54) is 4.88 Å². The van der Waals surface area contributed by atoms with Gasteiger partial charge in [0.1, 0.15) is 0 Å². The van der Waals surface area contributed by atoms with Crippen molar-refractivity contribution >= 4 is 28.6 Å². The van der Waals surface area contributed by atoms with Gasteiger partial charge in [-0.2, -0.15) is 0 Å². The van der Waals surface area contributed by atoms with Crippen molar-refractivity contribution < 1.29 is 5.11 Å². The van der Waals surface area contributed by atoms with Gasteiger partial charge in [0.05, 0.1) is 17.0 Å². The summed E-state index contributed by atoms with van der Waals surface area (Å²) in [4.78, 5) is 3.37. The van der Waals surface area contributed by atoms with E-state index >= 15 is 0 Å². The van der Waals surface area contributed by atoms with Crippen molar-refractivity contribution in [2.75, 3.05) is 11.9 Å². The topological polar surface area (TPSA) is 23.5 Å². The van der Waals surface area contributed by atoms with E-state index in [4.69, 9.17) is 11.6 Å². The lowest BCUT2D eigenvalue weighted by atomic mass is 10.0. The van der Waals surface area contributed by atoms with Gasteiger partial charge in [0.15, 0.2) is 0 Å². The van der Waals surface area contributed by atoms with Gasteiger partial charge in [0, 0.05) is 23.2 Å². The Morgan fingerprint density at radius 2 is 2.00 bits per heavy atom. The number of nitrogens with zero attached hydrogens (tertiary/aromatic N) is 1. The lowest BCUT2D eigenvalue weighted by Crippen LogP contribution is -2.18. The van der Waals surface area contributed by atoms with E-state index in [-0.39, 0.29) is 0 Å². The summed E-state index contributed by atoms with van der Waals surface area (Å²) < 4.78 is 0.810. The van der Waals surface area contributed by atoms with Crippen LogP contribution < -0.4 is 4.90 Å². The van der Waals surface area contributed by atoms with Gasteiger partial charge in [-0.15, -0.1) is 11.3 Å². The minimum Gasteiger partial charge on any atom is -0.388 e. The third kappa shape index (κ3) is 3.50. The fraction of sp³-hybridized carbons (Fsp3) is 0.333. The number of para-hydroxylation sites is 1. The van der Waals surface area contributed by atoms with E-state index in [2.05, 4.69) is 4.90 Å². The molecule has 1 atom stereocenters. The lowest BCUT2D eigenvalue weighted by molar-refractivity contribution is 0.174. The first-order valence-electron chi connectivity index (χ1n) is 6.34. The molecule has 0 unspecified atom stereocenters. The second kappa shape index (κ2) is 6.42. The maximum absolute atomic E-state index is 10.1. The molecule has 19 heavy (non-hydrogen) atoms. The first kappa shape index (κ1) is 14.4. The van der Waals surface area contributed by atoms with Crippen LogP contribution in [0.4, 0.5) is 5.69 Å². The van der Waals surface area contributed by atoms with Gasteiger partial charge >= 0.3 is 0 Å². The molecule has 0 aliphatic rings. The molecule has 0 spiro atoms. The molecule has 0 fully saturated rings. The molecule has 0 aliphatic carbocycles. The number of aliphatic hydroxyl groups excluding tert-OH is 1. The lowest BCUT2D eigenvalue weighted by Gasteiger charge is -2.23. The number of rotatable bonds is 5. The molecule has 1 aromatic heterocycles. The molecule has 0 saturated carbocycles. The molecule has 102 valence electrons. The molecule has 2 aromatic rings. The SMILES string of the molecule is CC[C@H](O)c1ccccc1N(C)Cc1ccc(Cl)s1. The number of halogens is 1. The monoisotopic (exact) mass is 295 g/mol. The van der Waals surface area contributed by atoms with E-state index in [0.29, 0.717) is 0 Å². The van der Waals surface area contributed by atoms with E-state index in [0.717, 1.165) is 28.6 Å². The Bertz CT molecular complexity index is 540. The molecule has 2 nitrogen and oxygen atoms in total. The van der Waals surface area contributed by atoms with Crippen LogP contribution in [0.2, 0.25) is 4.34 Å². The average molecular weight is 296 g/mol. The second-order valence-corrected chi connectivity index (χ2v) is 6.34. The number of hydrogen-bond acceptors (Lipinski definition) is 3. The zero-order valence-corrected chi connectivity index (χ0v) is 12.7. The first-order valence-corrected chi connectivity index (χ1v) is 7.53. The van der Waals surface area contributed by atoms with Crippen molar-refractivity contribution in [1.82, 2.24) is 0 Å². The van der Waals surface area contributed by atoms with Gasteiger partial charge in [-0.25, -0.2) is 0 Å². The summed E-state index contributed by atoms with van der Waals surface area (Å²) in [6.45, 7) is 2.78. The largest absolute Gasteiger partial charge is 0.388 e. The van der Waals surface area contributed by atoms with Gasteiger partial charge in [0.2, 0.25) is 0 Å². The molecular weight excluding hydrogens is 278 g/mol. The van der Waals surface area contributed by atoms with Crippen molar-refractivity contribution in [3.05, 3.63) is 51.2 Å². The number of thiophene rings is 1.